The molecule has 0 radical (unpaired) electrons. The number of fused-ring (bicyclic) bond motifs is 1. The van der Waals surface area contributed by atoms with Crippen LogP contribution in [-0.4, -0.2) is 68.7 Å². The summed E-state index contributed by atoms with van der Waals surface area (Å²) in [6.07, 6.45) is 5.30. The third kappa shape index (κ3) is 3.59. The van der Waals surface area contributed by atoms with Crippen molar-refractivity contribution in [1.29, 1.82) is 0 Å². The number of halogens is 2. The largest absolute Gasteiger partial charge is 0.392 e. The second kappa shape index (κ2) is 8.92. The van der Waals surface area contributed by atoms with E-state index in [2.05, 4.69) is 9.97 Å². The fourth-order valence-corrected chi connectivity index (χ4v) is 4.36. The quantitative estimate of drug-likeness (QED) is 0.753. The Bertz CT molecular complexity index is 823. The number of imidazole rings is 1. The van der Waals surface area contributed by atoms with Gasteiger partial charge in [-0.15, -0.1) is 24.8 Å². The summed E-state index contributed by atoms with van der Waals surface area (Å²) in [5.74, 6) is 0.498. The van der Waals surface area contributed by atoms with Gasteiger partial charge in [0.1, 0.15) is 5.69 Å². The van der Waals surface area contributed by atoms with E-state index in [1.54, 1.807) is 16.7 Å². The Morgan fingerprint density at radius 2 is 2.11 bits per heavy atom. The maximum absolute atomic E-state index is 13.1. The molecule has 1 amide bonds. The molecule has 2 aromatic rings. The zero-order chi connectivity index (χ0) is 18.3. The number of nitrogens with zero attached hydrogens (tertiary/aromatic N) is 4. The van der Waals surface area contributed by atoms with E-state index < -0.39 is 0 Å². The first-order valence-electron chi connectivity index (χ1n) is 9.15. The van der Waals surface area contributed by atoms with Crippen molar-refractivity contribution in [2.45, 2.75) is 38.4 Å². The molecule has 3 heterocycles. The maximum Gasteiger partial charge on any atom is 0.272 e. The molecule has 2 aliphatic rings. The molecule has 1 saturated heterocycles. The summed E-state index contributed by atoms with van der Waals surface area (Å²) in [5.41, 5.74) is 6.54. The van der Waals surface area contributed by atoms with Gasteiger partial charge in [0, 0.05) is 43.9 Å². The van der Waals surface area contributed by atoms with Crippen molar-refractivity contribution in [2.24, 2.45) is 11.1 Å². The van der Waals surface area contributed by atoms with E-state index in [4.69, 9.17) is 10.5 Å². The monoisotopic (exact) mass is 431 g/mol. The molecule has 156 valence electrons. The van der Waals surface area contributed by atoms with E-state index in [9.17, 15) is 9.90 Å². The Morgan fingerprint density at radius 3 is 2.75 bits per heavy atom. The van der Waals surface area contributed by atoms with Crippen molar-refractivity contribution >= 4 is 36.5 Å². The summed E-state index contributed by atoms with van der Waals surface area (Å²) < 4.78 is 7.57. The summed E-state index contributed by atoms with van der Waals surface area (Å²) >= 11 is 0. The summed E-state index contributed by atoms with van der Waals surface area (Å²) in [7, 11) is 0. The lowest BCUT2D eigenvalue weighted by Gasteiger charge is -2.56. The lowest BCUT2D eigenvalue weighted by molar-refractivity contribution is -0.208. The molecule has 2 atom stereocenters. The van der Waals surface area contributed by atoms with Crippen LogP contribution in [0.25, 0.3) is 5.78 Å². The number of carbonyl (C=O) groups is 1. The van der Waals surface area contributed by atoms with Gasteiger partial charge in [-0.05, 0) is 25.8 Å². The Hall–Kier alpha value is -1.45. The van der Waals surface area contributed by atoms with Crippen LogP contribution < -0.4 is 5.73 Å². The SMILES string of the molecule is Cc1nc2ncccn2c1C(=O)N1CCC2(CC1)[C@H](O)C[C@@H]2OCCN.Cl.Cl. The number of nitrogens with two attached hydrogens (primary N) is 1. The molecular formula is C18H27Cl2N5O3. The minimum absolute atomic E-state index is 0. The first-order valence-corrected chi connectivity index (χ1v) is 9.15. The van der Waals surface area contributed by atoms with Gasteiger partial charge in [-0.2, -0.15) is 0 Å². The highest BCUT2D eigenvalue weighted by atomic mass is 35.5. The fourth-order valence-electron chi connectivity index (χ4n) is 4.36. The predicted molar refractivity (Wildman–Crippen MR) is 109 cm³/mol. The lowest BCUT2D eigenvalue weighted by Crippen LogP contribution is -2.63. The van der Waals surface area contributed by atoms with Crippen LogP contribution in [0.1, 0.15) is 35.4 Å². The number of hydrogen-bond donors (Lipinski definition) is 2. The summed E-state index contributed by atoms with van der Waals surface area (Å²) in [4.78, 5) is 23.5. The molecule has 10 heteroatoms. The van der Waals surface area contributed by atoms with Crippen molar-refractivity contribution in [3.63, 3.8) is 0 Å². The van der Waals surface area contributed by atoms with Crippen molar-refractivity contribution in [3.05, 3.63) is 29.8 Å². The Morgan fingerprint density at radius 1 is 1.39 bits per heavy atom. The molecule has 1 spiro atoms. The van der Waals surface area contributed by atoms with Gasteiger partial charge in [0.15, 0.2) is 0 Å². The van der Waals surface area contributed by atoms with E-state index >= 15 is 0 Å². The second-order valence-electron chi connectivity index (χ2n) is 7.26. The third-order valence-electron chi connectivity index (χ3n) is 5.94. The zero-order valence-corrected chi connectivity index (χ0v) is 17.4. The van der Waals surface area contributed by atoms with E-state index in [0.29, 0.717) is 49.8 Å². The van der Waals surface area contributed by atoms with Crippen molar-refractivity contribution in [2.75, 3.05) is 26.2 Å². The van der Waals surface area contributed by atoms with Crippen LogP contribution in [0.5, 0.6) is 0 Å². The van der Waals surface area contributed by atoms with Crippen LogP contribution in [0, 0.1) is 12.3 Å². The van der Waals surface area contributed by atoms with Gasteiger partial charge in [-0.3, -0.25) is 9.20 Å². The number of carbonyl (C=O) groups excluding carboxylic acids is 1. The predicted octanol–water partition coefficient (Wildman–Crippen LogP) is 1.21. The van der Waals surface area contributed by atoms with Gasteiger partial charge in [0.05, 0.1) is 24.5 Å². The molecule has 3 N–H and O–H groups in total. The summed E-state index contributed by atoms with van der Waals surface area (Å²) in [6.45, 7) is 4.03. The number of likely N-dealkylation sites (tertiary alicyclic amines) is 1. The number of aryl methyl sites for hydroxylation is 1. The van der Waals surface area contributed by atoms with Gasteiger partial charge in [-0.1, -0.05) is 0 Å². The van der Waals surface area contributed by atoms with Crippen LogP contribution in [-0.2, 0) is 4.74 Å². The van der Waals surface area contributed by atoms with Gasteiger partial charge in [0.2, 0.25) is 5.78 Å². The van der Waals surface area contributed by atoms with Crippen LogP contribution >= 0.6 is 24.8 Å². The molecule has 1 aliphatic heterocycles. The standard InChI is InChI=1S/C18H25N5O3.2ClH/c1-12-15(23-7-2-6-20-17(23)21-12)16(25)22-8-3-18(4-9-22)13(24)11-14(18)26-10-5-19;;/h2,6-7,13-14,24H,3-5,8-11,19H2,1H3;2*1H/t13-,14+;;/m1../s1. The molecule has 4 rings (SSSR count). The number of piperidine rings is 1. The Labute approximate surface area is 176 Å². The lowest BCUT2D eigenvalue weighted by atomic mass is 9.58. The normalized spacial score (nSPS) is 23.0. The fraction of sp³-hybridized carbons (Fsp3) is 0.611. The number of aliphatic hydroxyl groups is 1. The highest BCUT2D eigenvalue weighted by Gasteiger charge is 2.56. The average molecular weight is 432 g/mol. The zero-order valence-electron chi connectivity index (χ0n) is 15.8. The number of aliphatic hydroxyl groups excluding tert-OH is 1. The van der Waals surface area contributed by atoms with Crippen LogP contribution in [0.2, 0.25) is 0 Å². The molecule has 1 aliphatic carbocycles. The van der Waals surface area contributed by atoms with E-state index in [1.807, 2.05) is 18.0 Å². The first-order chi connectivity index (χ1) is 12.6. The topological polar surface area (TPSA) is 106 Å². The van der Waals surface area contributed by atoms with E-state index in [-0.39, 0.29) is 48.3 Å². The molecule has 0 aromatic carbocycles. The van der Waals surface area contributed by atoms with Gasteiger partial charge >= 0.3 is 0 Å². The molecule has 1 saturated carbocycles. The minimum atomic E-state index is -0.357. The minimum Gasteiger partial charge on any atom is -0.392 e. The van der Waals surface area contributed by atoms with E-state index in [1.165, 1.54) is 0 Å². The van der Waals surface area contributed by atoms with Crippen LogP contribution in [0.15, 0.2) is 18.5 Å². The highest BCUT2D eigenvalue weighted by Crippen LogP contribution is 2.51. The highest BCUT2D eigenvalue weighted by molar-refractivity contribution is 5.94. The van der Waals surface area contributed by atoms with Crippen molar-refractivity contribution in [3.8, 4) is 0 Å². The second-order valence-corrected chi connectivity index (χ2v) is 7.26. The molecular weight excluding hydrogens is 405 g/mol. The Balaban J connectivity index is 0.00000140. The maximum atomic E-state index is 13.1. The van der Waals surface area contributed by atoms with Crippen LogP contribution in [0.4, 0.5) is 0 Å². The van der Waals surface area contributed by atoms with Crippen LogP contribution in [0.3, 0.4) is 0 Å². The number of amides is 1. The smallest absolute Gasteiger partial charge is 0.272 e. The van der Waals surface area contributed by atoms with Crippen molar-refractivity contribution < 1.29 is 14.6 Å². The molecule has 2 fully saturated rings. The molecule has 0 unspecified atom stereocenters. The number of aromatic nitrogens is 3. The summed E-state index contributed by atoms with van der Waals surface area (Å²) in [5, 5.41) is 10.4. The number of hydrogen-bond acceptors (Lipinski definition) is 6. The molecule has 2 aromatic heterocycles. The number of rotatable bonds is 4. The van der Waals surface area contributed by atoms with E-state index in [0.717, 1.165) is 12.8 Å². The average Bonchev–Trinajstić information content (AvgIpc) is 3.00. The van der Waals surface area contributed by atoms with Gasteiger partial charge < -0.3 is 20.5 Å². The first kappa shape index (κ1) is 22.8. The number of ether oxygens (including phenoxy) is 1. The molecule has 28 heavy (non-hydrogen) atoms. The molecule has 0 bridgehead atoms. The third-order valence-corrected chi connectivity index (χ3v) is 5.94. The summed E-state index contributed by atoms with van der Waals surface area (Å²) in [6, 6.07) is 1.79. The van der Waals surface area contributed by atoms with Gasteiger partial charge in [0.25, 0.3) is 5.91 Å². The Kier molecular flexibility index (Phi) is 7.27. The van der Waals surface area contributed by atoms with Gasteiger partial charge in [-0.25, -0.2) is 9.97 Å². The van der Waals surface area contributed by atoms with Crippen molar-refractivity contribution in [1.82, 2.24) is 19.3 Å². The molecule has 8 nitrogen and oxygen atoms in total.